The molecular weight excluding hydrogens is 367 g/mol. The molecule has 3 aromatic rings. The van der Waals surface area contributed by atoms with Gasteiger partial charge < -0.3 is 9.73 Å². The molecule has 0 aliphatic carbocycles. The van der Waals surface area contributed by atoms with Crippen LogP contribution in [0.15, 0.2) is 28.0 Å². The number of carbonyl (C=O) groups excluding carboxylic acids is 1. The minimum absolute atomic E-state index is 0.0166. The summed E-state index contributed by atoms with van der Waals surface area (Å²) < 4.78 is 6.31. The molecular formula is C12H8Cl2N4O2S2. The molecule has 2 N–H and O–H groups in total. The zero-order valence-electron chi connectivity index (χ0n) is 10.8. The van der Waals surface area contributed by atoms with E-state index in [1.54, 1.807) is 17.4 Å². The first-order valence-electron chi connectivity index (χ1n) is 5.98. The molecule has 3 rings (SSSR count). The van der Waals surface area contributed by atoms with Gasteiger partial charge in [0.2, 0.25) is 0 Å². The number of rotatable bonds is 4. The van der Waals surface area contributed by atoms with E-state index in [1.807, 2.05) is 17.5 Å². The van der Waals surface area contributed by atoms with Crippen LogP contribution in [-0.2, 0) is 6.54 Å². The minimum atomic E-state index is -0.432. The molecule has 0 aromatic carbocycles. The molecule has 0 saturated carbocycles. The van der Waals surface area contributed by atoms with E-state index < -0.39 is 6.03 Å². The standard InChI is InChI=1S/C12H8Cl2N4O2S2/c13-8-4-7(9(14)22-8)10-17-18-12(20-10)16-11(19)15-5-6-2-1-3-21-6/h1-4H,5H2,(H2,15,16,18,19). The van der Waals surface area contributed by atoms with Crippen LogP contribution in [0.3, 0.4) is 0 Å². The van der Waals surface area contributed by atoms with Gasteiger partial charge in [0, 0.05) is 4.88 Å². The van der Waals surface area contributed by atoms with E-state index in [0.29, 0.717) is 20.8 Å². The first-order chi connectivity index (χ1) is 10.6. The fourth-order valence-corrected chi connectivity index (χ4v) is 3.68. The van der Waals surface area contributed by atoms with Crippen molar-refractivity contribution in [2.24, 2.45) is 0 Å². The van der Waals surface area contributed by atoms with Crippen molar-refractivity contribution in [1.29, 1.82) is 0 Å². The maximum atomic E-state index is 11.7. The highest BCUT2D eigenvalue weighted by Crippen LogP contribution is 2.37. The average Bonchev–Trinajstić information content (AvgIpc) is 3.18. The molecule has 0 bridgehead atoms. The van der Waals surface area contributed by atoms with Crippen LogP contribution >= 0.6 is 45.9 Å². The fourth-order valence-electron chi connectivity index (χ4n) is 1.59. The maximum absolute atomic E-state index is 11.7. The lowest BCUT2D eigenvalue weighted by molar-refractivity contribution is 0.251. The van der Waals surface area contributed by atoms with Crippen LogP contribution in [0.2, 0.25) is 8.67 Å². The molecule has 0 radical (unpaired) electrons. The zero-order valence-corrected chi connectivity index (χ0v) is 13.9. The Morgan fingerprint density at radius 1 is 1.36 bits per heavy atom. The monoisotopic (exact) mass is 374 g/mol. The Kier molecular flexibility index (Phi) is 4.63. The van der Waals surface area contributed by atoms with Gasteiger partial charge >= 0.3 is 12.0 Å². The third kappa shape index (κ3) is 3.58. The second kappa shape index (κ2) is 6.66. The van der Waals surface area contributed by atoms with Gasteiger partial charge in [-0.25, -0.2) is 4.79 Å². The van der Waals surface area contributed by atoms with Crippen molar-refractivity contribution < 1.29 is 9.21 Å². The van der Waals surface area contributed by atoms with Gasteiger partial charge in [0.1, 0.15) is 4.34 Å². The van der Waals surface area contributed by atoms with Crippen molar-refractivity contribution in [3.8, 4) is 11.5 Å². The van der Waals surface area contributed by atoms with Crippen LogP contribution in [0, 0.1) is 0 Å². The van der Waals surface area contributed by atoms with Gasteiger partial charge in [-0.1, -0.05) is 34.4 Å². The van der Waals surface area contributed by atoms with E-state index >= 15 is 0 Å². The highest BCUT2D eigenvalue weighted by molar-refractivity contribution is 7.20. The zero-order chi connectivity index (χ0) is 15.5. The number of urea groups is 1. The van der Waals surface area contributed by atoms with Gasteiger partial charge in [0.05, 0.1) is 16.4 Å². The molecule has 0 spiro atoms. The summed E-state index contributed by atoms with van der Waals surface area (Å²) >= 11 is 14.6. The molecule has 0 saturated heterocycles. The summed E-state index contributed by atoms with van der Waals surface area (Å²) in [6.45, 7) is 0.427. The van der Waals surface area contributed by atoms with Crippen molar-refractivity contribution in [2.75, 3.05) is 5.32 Å². The number of nitrogens with one attached hydrogen (secondary N) is 2. The lowest BCUT2D eigenvalue weighted by Gasteiger charge is -2.02. The molecule has 114 valence electrons. The molecule has 0 aliphatic heterocycles. The second-order valence-electron chi connectivity index (χ2n) is 4.04. The van der Waals surface area contributed by atoms with Crippen LogP contribution in [0.1, 0.15) is 4.88 Å². The largest absolute Gasteiger partial charge is 0.403 e. The van der Waals surface area contributed by atoms with Gasteiger partial charge in [0.15, 0.2) is 0 Å². The topological polar surface area (TPSA) is 80.0 Å². The van der Waals surface area contributed by atoms with Crippen molar-refractivity contribution in [1.82, 2.24) is 15.5 Å². The SMILES string of the molecule is O=C(NCc1cccs1)Nc1nnc(-c2cc(Cl)sc2Cl)o1. The number of hydrogen-bond donors (Lipinski definition) is 2. The predicted molar refractivity (Wildman–Crippen MR) is 87.8 cm³/mol. The number of nitrogens with zero attached hydrogens (tertiary/aromatic N) is 2. The Bertz CT molecular complexity index is 785. The Balaban J connectivity index is 1.61. The Morgan fingerprint density at radius 3 is 2.91 bits per heavy atom. The minimum Gasteiger partial charge on any atom is -0.403 e. The predicted octanol–water partition coefficient (Wildman–Crippen LogP) is 4.49. The maximum Gasteiger partial charge on any atom is 0.324 e. The average molecular weight is 375 g/mol. The summed E-state index contributed by atoms with van der Waals surface area (Å²) in [5.41, 5.74) is 0.538. The summed E-state index contributed by atoms with van der Waals surface area (Å²) in [4.78, 5) is 12.8. The van der Waals surface area contributed by atoms with Gasteiger partial charge in [-0.2, -0.15) is 0 Å². The lowest BCUT2D eigenvalue weighted by Crippen LogP contribution is -2.27. The van der Waals surface area contributed by atoms with E-state index in [-0.39, 0.29) is 11.9 Å². The number of halogens is 2. The van der Waals surface area contributed by atoms with Gasteiger partial charge in [0.25, 0.3) is 5.89 Å². The Hall–Kier alpha value is -1.61. The van der Waals surface area contributed by atoms with Crippen molar-refractivity contribution >= 4 is 57.9 Å². The van der Waals surface area contributed by atoms with E-state index in [4.69, 9.17) is 27.6 Å². The number of amides is 2. The van der Waals surface area contributed by atoms with E-state index in [0.717, 1.165) is 4.88 Å². The van der Waals surface area contributed by atoms with Crippen molar-refractivity contribution in [2.45, 2.75) is 6.54 Å². The first kappa shape index (κ1) is 15.3. The number of aromatic nitrogens is 2. The molecule has 0 aliphatic rings. The highest BCUT2D eigenvalue weighted by atomic mass is 35.5. The van der Waals surface area contributed by atoms with Crippen molar-refractivity contribution in [3.05, 3.63) is 37.1 Å². The number of thiophene rings is 2. The smallest absolute Gasteiger partial charge is 0.324 e. The lowest BCUT2D eigenvalue weighted by atomic mass is 10.3. The van der Waals surface area contributed by atoms with Crippen LogP contribution in [0.25, 0.3) is 11.5 Å². The second-order valence-corrected chi connectivity index (χ2v) is 7.36. The van der Waals surface area contributed by atoms with Crippen LogP contribution in [-0.4, -0.2) is 16.2 Å². The summed E-state index contributed by atoms with van der Waals surface area (Å²) in [6, 6.07) is 5.02. The molecule has 3 aromatic heterocycles. The third-order valence-electron chi connectivity index (χ3n) is 2.54. The molecule has 10 heteroatoms. The summed E-state index contributed by atoms with van der Waals surface area (Å²) in [5.74, 6) is 0.196. The van der Waals surface area contributed by atoms with Crippen molar-refractivity contribution in [3.63, 3.8) is 0 Å². The third-order valence-corrected chi connectivity index (χ3v) is 4.90. The molecule has 2 amide bonds. The quantitative estimate of drug-likeness (QED) is 0.704. The van der Waals surface area contributed by atoms with Gasteiger partial charge in [-0.05, 0) is 17.5 Å². The molecule has 22 heavy (non-hydrogen) atoms. The number of hydrogen-bond acceptors (Lipinski definition) is 6. The summed E-state index contributed by atoms with van der Waals surface area (Å²) in [5, 5.41) is 14.7. The molecule has 0 unspecified atom stereocenters. The molecule has 3 heterocycles. The molecule has 0 fully saturated rings. The first-order valence-corrected chi connectivity index (χ1v) is 8.43. The molecule has 0 atom stereocenters. The Labute approximate surface area is 143 Å². The van der Waals surface area contributed by atoms with E-state index in [2.05, 4.69) is 20.8 Å². The number of carbonyl (C=O) groups is 1. The highest BCUT2D eigenvalue weighted by Gasteiger charge is 2.16. The van der Waals surface area contributed by atoms with Crippen LogP contribution in [0.4, 0.5) is 10.8 Å². The van der Waals surface area contributed by atoms with Gasteiger partial charge in [-0.3, -0.25) is 5.32 Å². The summed E-state index contributed by atoms with van der Waals surface area (Å²) in [7, 11) is 0. The van der Waals surface area contributed by atoms with E-state index in [1.165, 1.54) is 11.3 Å². The van der Waals surface area contributed by atoms with Crippen LogP contribution < -0.4 is 10.6 Å². The molecule has 6 nitrogen and oxygen atoms in total. The summed E-state index contributed by atoms with van der Waals surface area (Å²) in [6.07, 6.45) is 0. The van der Waals surface area contributed by atoms with Gasteiger partial charge in [-0.15, -0.1) is 27.8 Å². The fraction of sp³-hybridized carbons (Fsp3) is 0.0833. The van der Waals surface area contributed by atoms with E-state index in [9.17, 15) is 4.79 Å². The normalized spacial score (nSPS) is 10.6. The Morgan fingerprint density at radius 2 is 2.23 bits per heavy atom. The number of anilines is 1. The van der Waals surface area contributed by atoms with Crippen LogP contribution in [0.5, 0.6) is 0 Å².